The molecule has 9 heteroatoms. The Hall–Kier alpha value is -2.51. The highest BCUT2D eigenvalue weighted by Crippen LogP contribution is 2.31. The first-order valence-corrected chi connectivity index (χ1v) is 9.00. The van der Waals surface area contributed by atoms with Crippen LogP contribution in [0.2, 0.25) is 10.0 Å². The summed E-state index contributed by atoms with van der Waals surface area (Å²) in [5.41, 5.74) is 1.12. The number of carbonyl (C=O) groups is 2. The summed E-state index contributed by atoms with van der Waals surface area (Å²) in [6.45, 7) is 0.449. The van der Waals surface area contributed by atoms with Crippen molar-refractivity contribution in [1.82, 2.24) is 4.90 Å². The lowest BCUT2D eigenvalue weighted by molar-refractivity contribution is -0.158. The predicted molar refractivity (Wildman–Crippen MR) is 105 cm³/mol. The van der Waals surface area contributed by atoms with Crippen molar-refractivity contribution in [3.05, 3.63) is 57.8 Å². The first-order valence-electron chi connectivity index (χ1n) is 8.25. The highest BCUT2D eigenvalue weighted by molar-refractivity contribution is 6.34. The maximum Gasteiger partial charge on any atom is 0.396 e. The molecular formula is C19H19Cl2FN2O4. The van der Waals surface area contributed by atoms with Crippen LogP contribution in [-0.4, -0.2) is 44.1 Å². The average molecular weight is 429 g/mol. The van der Waals surface area contributed by atoms with Gasteiger partial charge in [0.05, 0.1) is 19.9 Å². The third-order valence-corrected chi connectivity index (χ3v) is 4.65. The van der Waals surface area contributed by atoms with Gasteiger partial charge in [0.15, 0.2) is 0 Å². The lowest BCUT2D eigenvalue weighted by Gasteiger charge is -2.23. The standard InChI is InChI=1S/C19H19Cl2FN2O4/c1-27-16-5-3-4-15(17(16)21)23-8-9-24(18(25)19(26)28-2)11-12-6-7-13(22)10-14(12)20/h3-7,10,23H,8-9,11H2,1-2H3. The molecule has 0 unspecified atom stereocenters. The first-order chi connectivity index (χ1) is 13.4. The Labute approximate surface area is 172 Å². The molecule has 2 aromatic rings. The number of methoxy groups -OCH3 is 2. The predicted octanol–water partition coefficient (Wildman–Crippen LogP) is 3.75. The number of nitrogens with zero attached hydrogens (tertiary/aromatic N) is 1. The molecule has 0 saturated heterocycles. The summed E-state index contributed by atoms with van der Waals surface area (Å²) in [5.74, 6) is -1.82. The van der Waals surface area contributed by atoms with E-state index in [0.29, 0.717) is 22.0 Å². The number of carbonyl (C=O) groups excluding carboxylic acids is 2. The summed E-state index contributed by atoms with van der Waals surface area (Å²) >= 11 is 12.3. The Morgan fingerprint density at radius 1 is 1.18 bits per heavy atom. The normalized spacial score (nSPS) is 10.3. The van der Waals surface area contributed by atoms with Crippen molar-refractivity contribution >= 4 is 40.8 Å². The number of halogens is 3. The van der Waals surface area contributed by atoms with Gasteiger partial charge in [0.1, 0.15) is 16.6 Å². The summed E-state index contributed by atoms with van der Waals surface area (Å²) < 4.78 is 22.9. The molecule has 0 fully saturated rings. The van der Waals surface area contributed by atoms with Gasteiger partial charge in [0.25, 0.3) is 0 Å². The second kappa shape index (κ2) is 10.1. The molecule has 28 heavy (non-hydrogen) atoms. The maximum absolute atomic E-state index is 13.2. The minimum absolute atomic E-state index is 0.0145. The molecule has 2 aromatic carbocycles. The number of nitrogens with one attached hydrogen (secondary N) is 1. The summed E-state index contributed by atoms with van der Waals surface area (Å²) in [6.07, 6.45) is 0. The molecule has 1 N–H and O–H groups in total. The maximum atomic E-state index is 13.2. The zero-order valence-electron chi connectivity index (χ0n) is 15.3. The van der Waals surface area contributed by atoms with Gasteiger partial charge in [-0.05, 0) is 29.8 Å². The highest BCUT2D eigenvalue weighted by atomic mass is 35.5. The average Bonchev–Trinajstić information content (AvgIpc) is 2.69. The monoisotopic (exact) mass is 428 g/mol. The van der Waals surface area contributed by atoms with Crippen LogP contribution in [0.4, 0.5) is 10.1 Å². The summed E-state index contributed by atoms with van der Waals surface area (Å²) in [7, 11) is 2.63. The Balaban J connectivity index is 2.12. The molecule has 0 aliphatic heterocycles. The molecule has 0 aromatic heterocycles. The van der Waals surface area contributed by atoms with Crippen LogP contribution >= 0.6 is 23.2 Å². The van der Waals surface area contributed by atoms with Crippen LogP contribution in [0.15, 0.2) is 36.4 Å². The van der Waals surface area contributed by atoms with Gasteiger partial charge in [-0.3, -0.25) is 4.79 Å². The smallest absolute Gasteiger partial charge is 0.396 e. The van der Waals surface area contributed by atoms with Crippen molar-refractivity contribution in [1.29, 1.82) is 0 Å². The Kier molecular flexibility index (Phi) is 7.90. The van der Waals surface area contributed by atoms with E-state index in [1.807, 2.05) is 0 Å². The van der Waals surface area contributed by atoms with Crippen LogP contribution in [0, 0.1) is 5.82 Å². The van der Waals surface area contributed by atoms with Crippen molar-refractivity contribution in [2.24, 2.45) is 0 Å². The fraction of sp³-hybridized carbons (Fsp3) is 0.263. The highest BCUT2D eigenvalue weighted by Gasteiger charge is 2.23. The molecule has 0 aliphatic carbocycles. The van der Waals surface area contributed by atoms with E-state index in [9.17, 15) is 14.0 Å². The quantitative estimate of drug-likeness (QED) is 0.537. The molecule has 2 rings (SSSR count). The van der Waals surface area contributed by atoms with Crippen LogP contribution in [0.25, 0.3) is 0 Å². The lowest BCUT2D eigenvalue weighted by Crippen LogP contribution is -2.39. The van der Waals surface area contributed by atoms with Crippen molar-refractivity contribution in [3.8, 4) is 5.75 Å². The van der Waals surface area contributed by atoms with Crippen LogP contribution in [0.3, 0.4) is 0 Å². The molecule has 0 aliphatic rings. The van der Waals surface area contributed by atoms with E-state index >= 15 is 0 Å². The number of hydrogen-bond donors (Lipinski definition) is 1. The first kappa shape index (κ1) is 21.8. The molecule has 0 heterocycles. The molecule has 0 saturated carbocycles. The topological polar surface area (TPSA) is 67.9 Å². The Bertz CT molecular complexity index is 864. The van der Waals surface area contributed by atoms with Crippen LogP contribution in [0.5, 0.6) is 5.75 Å². The van der Waals surface area contributed by atoms with E-state index in [4.69, 9.17) is 27.9 Å². The fourth-order valence-electron chi connectivity index (χ4n) is 2.45. The number of hydrogen-bond acceptors (Lipinski definition) is 5. The van der Waals surface area contributed by atoms with Crippen LogP contribution < -0.4 is 10.1 Å². The van der Waals surface area contributed by atoms with Gasteiger partial charge in [0, 0.05) is 24.7 Å². The third kappa shape index (κ3) is 5.50. The number of benzene rings is 2. The zero-order chi connectivity index (χ0) is 20.7. The second-order valence-corrected chi connectivity index (χ2v) is 6.49. The number of ether oxygens (including phenoxy) is 2. The molecule has 0 bridgehead atoms. The molecule has 1 amide bonds. The van der Waals surface area contributed by atoms with Crippen LogP contribution in [-0.2, 0) is 20.9 Å². The summed E-state index contributed by atoms with van der Waals surface area (Å²) in [6, 6.07) is 9.08. The van der Waals surface area contributed by atoms with E-state index in [0.717, 1.165) is 13.2 Å². The van der Waals surface area contributed by atoms with Gasteiger partial charge < -0.3 is 19.7 Å². The Morgan fingerprint density at radius 3 is 2.57 bits per heavy atom. The molecule has 0 spiro atoms. The van der Waals surface area contributed by atoms with E-state index in [1.165, 1.54) is 24.1 Å². The number of amides is 1. The van der Waals surface area contributed by atoms with Crippen molar-refractivity contribution in [3.63, 3.8) is 0 Å². The van der Waals surface area contributed by atoms with Crippen LogP contribution in [0.1, 0.15) is 5.56 Å². The molecule has 0 atom stereocenters. The van der Waals surface area contributed by atoms with Gasteiger partial charge in [-0.25, -0.2) is 9.18 Å². The molecular weight excluding hydrogens is 410 g/mol. The summed E-state index contributed by atoms with van der Waals surface area (Å²) in [4.78, 5) is 25.3. The van der Waals surface area contributed by atoms with E-state index in [2.05, 4.69) is 10.1 Å². The minimum atomic E-state index is -1.00. The van der Waals surface area contributed by atoms with Gasteiger partial charge >= 0.3 is 11.9 Å². The van der Waals surface area contributed by atoms with Gasteiger partial charge in [0.2, 0.25) is 0 Å². The van der Waals surface area contributed by atoms with Crippen molar-refractivity contribution in [2.45, 2.75) is 6.54 Å². The lowest BCUT2D eigenvalue weighted by atomic mass is 10.2. The minimum Gasteiger partial charge on any atom is -0.495 e. The fourth-order valence-corrected chi connectivity index (χ4v) is 2.95. The van der Waals surface area contributed by atoms with E-state index in [1.54, 1.807) is 18.2 Å². The molecule has 150 valence electrons. The number of rotatable bonds is 7. The SMILES string of the molecule is COC(=O)C(=O)N(CCNc1cccc(OC)c1Cl)Cc1ccc(F)cc1Cl. The van der Waals surface area contributed by atoms with Crippen molar-refractivity contribution < 1.29 is 23.5 Å². The van der Waals surface area contributed by atoms with Gasteiger partial charge in [-0.2, -0.15) is 0 Å². The molecule has 6 nitrogen and oxygen atoms in total. The second-order valence-electron chi connectivity index (χ2n) is 5.70. The van der Waals surface area contributed by atoms with E-state index < -0.39 is 17.7 Å². The third-order valence-electron chi connectivity index (χ3n) is 3.90. The zero-order valence-corrected chi connectivity index (χ0v) is 16.8. The Morgan fingerprint density at radius 2 is 1.93 bits per heavy atom. The van der Waals surface area contributed by atoms with E-state index in [-0.39, 0.29) is 24.7 Å². The van der Waals surface area contributed by atoms with Gasteiger partial charge in [-0.15, -0.1) is 0 Å². The largest absolute Gasteiger partial charge is 0.495 e. The van der Waals surface area contributed by atoms with Crippen molar-refractivity contribution in [2.75, 3.05) is 32.6 Å². The number of esters is 1. The number of anilines is 1. The summed E-state index contributed by atoms with van der Waals surface area (Å²) in [5, 5.41) is 3.65. The molecule has 0 radical (unpaired) electrons. The van der Waals surface area contributed by atoms with Gasteiger partial charge in [-0.1, -0.05) is 35.3 Å².